The Balaban J connectivity index is 2.32. The molecule has 1 heterocycles. The van der Waals surface area contributed by atoms with Gasteiger partial charge in [0.15, 0.2) is 0 Å². The number of rotatable bonds is 3. The molecule has 0 saturated heterocycles. The molecule has 82 valence electrons. The second-order valence-electron chi connectivity index (χ2n) is 4.32. The van der Waals surface area contributed by atoms with Gasteiger partial charge in [0, 0.05) is 12.4 Å². The molecule has 1 aromatic heterocycles. The monoisotopic (exact) mass is 208 g/mol. The lowest BCUT2D eigenvalue weighted by molar-refractivity contribution is -0.161. The molecule has 0 spiro atoms. The van der Waals surface area contributed by atoms with Gasteiger partial charge in [0.1, 0.15) is 0 Å². The van der Waals surface area contributed by atoms with Crippen molar-refractivity contribution in [1.29, 1.82) is 0 Å². The van der Waals surface area contributed by atoms with Gasteiger partial charge >= 0.3 is 5.97 Å². The first-order valence-corrected chi connectivity index (χ1v) is 4.83. The summed E-state index contributed by atoms with van der Waals surface area (Å²) in [7, 11) is 0. The van der Waals surface area contributed by atoms with E-state index in [2.05, 4.69) is 10.5 Å². The van der Waals surface area contributed by atoms with E-state index in [1.54, 1.807) is 12.4 Å². The molecule has 15 heavy (non-hydrogen) atoms. The van der Waals surface area contributed by atoms with Crippen molar-refractivity contribution in [2.75, 3.05) is 0 Å². The summed E-state index contributed by atoms with van der Waals surface area (Å²) >= 11 is 0. The summed E-state index contributed by atoms with van der Waals surface area (Å²) in [4.78, 5) is 20.2. The highest BCUT2D eigenvalue weighted by atomic mass is 16.7. The number of hydroxylamine groups is 1. The van der Waals surface area contributed by atoms with Crippen LogP contribution in [0.5, 0.6) is 0 Å². The molecule has 0 fully saturated rings. The van der Waals surface area contributed by atoms with E-state index in [-0.39, 0.29) is 5.97 Å². The van der Waals surface area contributed by atoms with Crippen LogP contribution in [-0.4, -0.2) is 11.0 Å². The van der Waals surface area contributed by atoms with E-state index >= 15 is 0 Å². The van der Waals surface area contributed by atoms with Crippen LogP contribution in [-0.2, 0) is 16.2 Å². The lowest BCUT2D eigenvalue weighted by atomic mass is 9.98. The first-order valence-electron chi connectivity index (χ1n) is 4.83. The topological polar surface area (TPSA) is 51.2 Å². The summed E-state index contributed by atoms with van der Waals surface area (Å²) in [6.45, 7) is 5.92. The zero-order valence-electron chi connectivity index (χ0n) is 9.28. The summed E-state index contributed by atoms with van der Waals surface area (Å²) in [5.41, 5.74) is 3.17. The summed E-state index contributed by atoms with van der Waals surface area (Å²) in [6, 6.07) is 3.72. The van der Waals surface area contributed by atoms with Gasteiger partial charge in [-0.3, -0.25) is 4.98 Å². The van der Waals surface area contributed by atoms with Gasteiger partial charge in [-0.25, -0.2) is 4.79 Å². The average Bonchev–Trinajstić information content (AvgIpc) is 2.18. The van der Waals surface area contributed by atoms with E-state index in [4.69, 9.17) is 4.84 Å². The normalized spacial score (nSPS) is 11.1. The molecule has 0 aliphatic heterocycles. The molecule has 0 atom stereocenters. The number of carbonyl (C=O) groups is 1. The van der Waals surface area contributed by atoms with Crippen LogP contribution in [0.3, 0.4) is 0 Å². The van der Waals surface area contributed by atoms with Gasteiger partial charge in [-0.1, -0.05) is 0 Å². The number of aromatic nitrogens is 1. The summed E-state index contributed by atoms with van der Waals surface area (Å²) in [6.07, 6.45) is 3.39. The van der Waals surface area contributed by atoms with Crippen LogP contribution in [0, 0.1) is 5.41 Å². The third kappa shape index (κ3) is 4.08. The molecular weight excluding hydrogens is 192 g/mol. The number of pyridine rings is 1. The fraction of sp³-hybridized carbons (Fsp3) is 0.455. The molecule has 4 nitrogen and oxygen atoms in total. The van der Waals surface area contributed by atoms with Gasteiger partial charge in [-0.05, 0) is 38.5 Å². The second kappa shape index (κ2) is 4.89. The van der Waals surface area contributed by atoms with E-state index in [0.717, 1.165) is 5.56 Å². The van der Waals surface area contributed by atoms with Crippen LogP contribution in [0.15, 0.2) is 24.5 Å². The summed E-state index contributed by atoms with van der Waals surface area (Å²) < 4.78 is 0. The van der Waals surface area contributed by atoms with Crippen LogP contribution < -0.4 is 5.48 Å². The van der Waals surface area contributed by atoms with Gasteiger partial charge in [0.05, 0.1) is 12.0 Å². The smallest absolute Gasteiger partial charge is 0.329 e. The molecule has 0 aliphatic carbocycles. The minimum Gasteiger partial charge on any atom is -0.370 e. The minimum absolute atomic E-state index is 0.267. The van der Waals surface area contributed by atoms with E-state index in [9.17, 15) is 4.79 Å². The number of hydrogen-bond acceptors (Lipinski definition) is 4. The predicted molar refractivity (Wildman–Crippen MR) is 56.6 cm³/mol. The Bertz CT molecular complexity index is 317. The summed E-state index contributed by atoms with van der Waals surface area (Å²) in [5.74, 6) is -0.267. The Morgan fingerprint density at radius 1 is 1.40 bits per heavy atom. The first-order chi connectivity index (χ1) is 7.00. The van der Waals surface area contributed by atoms with Crippen molar-refractivity contribution in [2.24, 2.45) is 5.41 Å². The van der Waals surface area contributed by atoms with E-state index in [0.29, 0.717) is 6.54 Å². The van der Waals surface area contributed by atoms with Crippen molar-refractivity contribution in [3.63, 3.8) is 0 Å². The lowest BCUT2D eigenvalue weighted by Gasteiger charge is -2.16. The van der Waals surface area contributed by atoms with Gasteiger partial charge in [0.25, 0.3) is 0 Å². The van der Waals surface area contributed by atoms with Gasteiger partial charge in [0.2, 0.25) is 0 Å². The van der Waals surface area contributed by atoms with Gasteiger partial charge in [-0.2, -0.15) is 0 Å². The fourth-order valence-electron chi connectivity index (χ4n) is 0.839. The fourth-order valence-corrected chi connectivity index (χ4v) is 0.839. The lowest BCUT2D eigenvalue weighted by Crippen LogP contribution is -2.29. The highest BCUT2D eigenvalue weighted by Gasteiger charge is 2.23. The molecule has 0 amide bonds. The number of nitrogens with one attached hydrogen (secondary N) is 1. The molecule has 0 bridgehead atoms. The van der Waals surface area contributed by atoms with Crippen LogP contribution >= 0.6 is 0 Å². The average molecular weight is 208 g/mol. The zero-order valence-corrected chi connectivity index (χ0v) is 9.28. The third-order valence-corrected chi connectivity index (χ3v) is 1.80. The van der Waals surface area contributed by atoms with E-state index in [1.165, 1.54) is 0 Å². The van der Waals surface area contributed by atoms with Crippen LogP contribution in [0.1, 0.15) is 26.3 Å². The van der Waals surface area contributed by atoms with Crippen LogP contribution in [0.2, 0.25) is 0 Å². The minimum atomic E-state index is -0.481. The maximum atomic E-state index is 11.4. The molecule has 0 aliphatic rings. The van der Waals surface area contributed by atoms with Crippen LogP contribution in [0.4, 0.5) is 0 Å². The molecule has 0 radical (unpaired) electrons. The Labute approximate surface area is 89.6 Å². The van der Waals surface area contributed by atoms with Crippen molar-refractivity contribution in [3.05, 3.63) is 30.1 Å². The van der Waals surface area contributed by atoms with Crippen molar-refractivity contribution in [1.82, 2.24) is 10.5 Å². The Kier molecular flexibility index (Phi) is 3.80. The highest BCUT2D eigenvalue weighted by molar-refractivity contribution is 5.75. The Hall–Kier alpha value is -1.42. The van der Waals surface area contributed by atoms with Crippen molar-refractivity contribution in [3.8, 4) is 0 Å². The first kappa shape index (κ1) is 11.7. The Morgan fingerprint density at radius 3 is 2.53 bits per heavy atom. The number of nitrogens with zero attached hydrogens (tertiary/aromatic N) is 1. The van der Waals surface area contributed by atoms with Gasteiger partial charge < -0.3 is 4.84 Å². The largest absolute Gasteiger partial charge is 0.370 e. The number of hydrogen-bond donors (Lipinski definition) is 1. The maximum absolute atomic E-state index is 11.4. The highest BCUT2D eigenvalue weighted by Crippen LogP contribution is 2.14. The van der Waals surface area contributed by atoms with E-state index < -0.39 is 5.41 Å². The van der Waals surface area contributed by atoms with E-state index in [1.807, 2.05) is 32.9 Å². The van der Waals surface area contributed by atoms with Crippen LogP contribution in [0.25, 0.3) is 0 Å². The molecule has 0 saturated carbocycles. The van der Waals surface area contributed by atoms with Crippen molar-refractivity contribution in [2.45, 2.75) is 27.3 Å². The SMILES string of the molecule is CC(C)(C)C(=O)ONCc1ccncc1. The van der Waals surface area contributed by atoms with Crippen molar-refractivity contribution >= 4 is 5.97 Å². The molecule has 0 unspecified atom stereocenters. The molecular formula is C11H16N2O2. The number of carbonyl (C=O) groups excluding carboxylic acids is 1. The molecule has 1 rings (SSSR count). The molecule has 4 heteroatoms. The van der Waals surface area contributed by atoms with Crippen molar-refractivity contribution < 1.29 is 9.63 Å². The molecule has 1 N–H and O–H groups in total. The Morgan fingerprint density at radius 2 is 2.00 bits per heavy atom. The third-order valence-electron chi connectivity index (χ3n) is 1.80. The van der Waals surface area contributed by atoms with Gasteiger partial charge in [-0.15, -0.1) is 5.48 Å². The predicted octanol–water partition coefficient (Wildman–Crippen LogP) is 1.68. The second-order valence-corrected chi connectivity index (χ2v) is 4.32. The quantitative estimate of drug-likeness (QED) is 0.768. The maximum Gasteiger partial charge on any atom is 0.329 e. The zero-order chi connectivity index (χ0) is 11.3. The molecule has 1 aromatic rings. The molecule has 0 aromatic carbocycles. The standard InChI is InChI=1S/C11H16N2O2/c1-11(2,3)10(14)15-13-8-9-4-6-12-7-5-9/h4-7,13H,8H2,1-3H3. The summed E-state index contributed by atoms with van der Waals surface area (Å²) in [5, 5.41) is 0.